The molecule has 0 rings (SSSR count). The van der Waals surface area contributed by atoms with Gasteiger partial charge in [0.1, 0.15) is 0 Å². The van der Waals surface area contributed by atoms with Gasteiger partial charge in [0, 0.05) is 0 Å². The third-order valence-corrected chi connectivity index (χ3v) is 2.29. The molecule has 2 atom stereocenters. The molecule has 0 spiro atoms. The Morgan fingerprint density at radius 3 is 1.00 bits per heavy atom. The zero-order chi connectivity index (χ0) is 19.4. The summed E-state index contributed by atoms with van der Waals surface area (Å²) < 4.78 is 152. The van der Waals surface area contributed by atoms with Gasteiger partial charge < -0.3 is 9.47 Å². The molecule has 0 aliphatic heterocycles. The van der Waals surface area contributed by atoms with Crippen LogP contribution in [-0.2, 0) is 9.47 Å². The van der Waals surface area contributed by atoms with Crippen molar-refractivity contribution in [2.75, 3.05) is 13.2 Å². The number of unbranched alkanes of at least 4 members (excludes halogenated alkanes) is 1. The molecule has 0 fully saturated rings. The summed E-state index contributed by atoms with van der Waals surface area (Å²) in [6.45, 7) is -2.48. The number of hydrogen-bond donors (Lipinski definition) is 0. The second kappa shape index (κ2) is 7.97. The quantitative estimate of drug-likeness (QED) is 0.417. The molecule has 0 aromatic rings. The first kappa shape index (κ1) is 23.1. The predicted molar refractivity (Wildman–Crippen MR) is 52.9 cm³/mol. The summed E-state index contributed by atoms with van der Waals surface area (Å²) >= 11 is 0. The smallest absolute Gasteiger partial charge is 0.318 e. The van der Waals surface area contributed by atoms with Crippen LogP contribution in [0.25, 0.3) is 0 Å². The molecule has 0 N–H and O–H groups in total. The monoisotopic (exact) mass is 390 g/mol. The van der Waals surface area contributed by atoms with Crippen LogP contribution in [0.1, 0.15) is 12.8 Å². The minimum absolute atomic E-state index is 0.695. The molecule has 146 valence electrons. The highest BCUT2D eigenvalue weighted by atomic mass is 19.4. The lowest BCUT2D eigenvalue weighted by Crippen LogP contribution is -2.44. The van der Waals surface area contributed by atoms with Crippen LogP contribution in [0, 0.1) is 0 Å². The van der Waals surface area contributed by atoms with E-state index in [-0.39, 0.29) is 0 Å². The summed E-state index contributed by atoms with van der Waals surface area (Å²) in [7, 11) is 0. The molecule has 0 bridgehead atoms. The van der Waals surface area contributed by atoms with Crippen LogP contribution in [0.4, 0.5) is 52.7 Å². The van der Waals surface area contributed by atoms with Crippen LogP contribution in [0.3, 0.4) is 0 Å². The topological polar surface area (TPSA) is 18.5 Å². The second-order valence-corrected chi connectivity index (χ2v) is 4.34. The van der Waals surface area contributed by atoms with E-state index in [0.717, 1.165) is 0 Å². The van der Waals surface area contributed by atoms with Gasteiger partial charge in [0.2, 0.25) is 0 Å². The summed E-state index contributed by atoms with van der Waals surface area (Å²) in [5.41, 5.74) is 0. The third-order valence-electron chi connectivity index (χ3n) is 2.29. The normalized spacial score (nSPS) is 17.0. The van der Waals surface area contributed by atoms with Gasteiger partial charge >= 0.3 is 24.6 Å². The van der Waals surface area contributed by atoms with Crippen LogP contribution >= 0.6 is 0 Å². The van der Waals surface area contributed by atoms with Gasteiger partial charge in [-0.25, -0.2) is 8.78 Å². The van der Waals surface area contributed by atoms with Crippen LogP contribution in [0.2, 0.25) is 0 Å². The van der Waals surface area contributed by atoms with E-state index in [1.807, 2.05) is 0 Å². The maximum Gasteiger partial charge on any atom is 0.428 e. The van der Waals surface area contributed by atoms with Gasteiger partial charge in [-0.1, -0.05) is 0 Å². The summed E-state index contributed by atoms with van der Waals surface area (Å²) in [5.74, 6) is 0. The Labute approximate surface area is 126 Å². The van der Waals surface area contributed by atoms with E-state index in [2.05, 4.69) is 9.47 Å². The Balaban J connectivity index is 4.16. The molecule has 2 nitrogen and oxygen atoms in total. The van der Waals surface area contributed by atoms with Crippen LogP contribution < -0.4 is 0 Å². The molecule has 0 saturated heterocycles. The molecule has 0 amide bonds. The minimum atomic E-state index is -5.90. The van der Waals surface area contributed by atoms with Gasteiger partial charge in [0.25, 0.3) is 12.3 Å². The summed E-state index contributed by atoms with van der Waals surface area (Å²) in [5, 5.41) is 0. The Morgan fingerprint density at radius 2 is 0.792 bits per heavy atom. The third kappa shape index (κ3) is 7.32. The van der Waals surface area contributed by atoms with Gasteiger partial charge in [-0.15, -0.1) is 0 Å². The van der Waals surface area contributed by atoms with Crippen molar-refractivity contribution in [3.63, 3.8) is 0 Å². The predicted octanol–water partition coefficient (Wildman–Crippen LogP) is 4.79. The van der Waals surface area contributed by atoms with Gasteiger partial charge in [-0.05, 0) is 12.8 Å². The first-order chi connectivity index (χ1) is 10.5. The van der Waals surface area contributed by atoms with Crippen molar-refractivity contribution in [2.24, 2.45) is 0 Å². The Kier molecular flexibility index (Phi) is 7.67. The fraction of sp³-hybridized carbons (Fsp3) is 1.00. The summed E-state index contributed by atoms with van der Waals surface area (Å²) in [6, 6.07) is 0. The largest absolute Gasteiger partial charge is 0.428 e. The van der Waals surface area contributed by atoms with Crippen molar-refractivity contribution < 1.29 is 62.2 Å². The maximum absolute atomic E-state index is 12.6. The molecule has 0 aromatic heterocycles. The van der Waals surface area contributed by atoms with Gasteiger partial charge in [-0.3, -0.25) is 0 Å². The van der Waals surface area contributed by atoms with E-state index < -0.39 is 63.0 Å². The van der Waals surface area contributed by atoms with Crippen LogP contribution in [-0.4, -0.2) is 50.1 Å². The average Bonchev–Trinajstić information content (AvgIpc) is 2.38. The van der Waals surface area contributed by atoms with Gasteiger partial charge in [0.05, 0.1) is 13.2 Å². The first-order valence-electron chi connectivity index (χ1n) is 5.97. The van der Waals surface area contributed by atoms with Crippen molar-refractivity contribution >= 4 is 0 Å². The Hall–Kier alpha value is -0.920. The van der Waals surface area contributed by atoms with E-state index >= 15 is 0 Å². The lowest BCUT2D eigenvalue weighted by atomic mass is 10.3. The average molecular weight is 390 g/mol. The highest BCUT2D eigenvalue weighted by molar-refractivity contribution is 4.76. The molecular weight excluding hydrogens is 380 g/mol. The molecule has 0 aromatic carbocycles. The van der Waals surface area contributed by atoms with Crippen molar-refractivity contribution in [1.29, 1.82) is 0 Å². The lowest BCUT2D eigenvalue weighted by molar-refractivity contribution is -0.339. The fourth-order valence-corrected chi connectivity index (χ4v) is 1.15. The van der Waals surface area contributed by atoms with E-state index in [0.29, 0.717) is 0 Å². The molecular formula is C10H10F12O2. The minimum Gasteiger partial charge on any atom is -0.318 e. The standard InChI is InChI=1S/C10H10F12O2/c11-5(7(13,14)15)9(19,20)23-3-1-2-4-24-10(21,22)6(12)8(16,17)18/h5-6H,1-4H2. The van der Waals surface area contributed by atoms with Crippen molar-refractivity contribution in [3.8, 4) is 0 Å². The molecule has 14 heteroatoms. The van der Waals surface area contributed by atoms with Crippen LogP contribution in [0.15, 0.2) is 0 Å². The lowest BCUT2D eigenvalue weighted by Gasteiger charge is -2.23. The fourth-order valence-electron chi connectivity index (χ4n) is 1.15. The highest BCUT2D eigenvalue weighted by Crippen LogP contribution is 2.37. The zero-order valence-corrected chi connectivity index (χ0v) is 11.3. The number of rotatable bonds is 9. The van der Waals surface area contributed by atoms with Gasteiger partial charge in [0.15, 0.2) is 0 Å². The maximum atomic E-state index is 12.6. The summed E-state index contributed by atoms with van der Waals surface area (Å²) in [6.07, 6.45) is -32.9. The molecule has 0 aliphatic carbocycles. The van der Waals surface area contributed by atoms with Crippen molar-refractivity contribution in [1.82, 2.24) is 0 Å². The Morgan fingerprint density at radius 1 is 0.542 bits per heavy atom. The molecule has 2 unspecified atom stereocenters. The first-order valence-corrected chi connectivity index (χ1v) is 5.97. The molecule has 0 saturated carbocycles. The molecule has 0 aliphatic rings. The van der Waals surface area contributed by atoms with Crippen molar-refractivity contribution in [3.05, 3.63) is 0 Å². The highest BCUT2D eigenvalue weighted by Gasteiger charge is 2.59. The van der Waals surface area contributed by atoms with Crippen LogP contribution in [0.5, 0.6) is 0 Å². The van der Waals surface area contributed by atoms with E-state index in [4.69, 9.17) is 0 Å². The molecule has 24 heavy (non-hydrogen) atoms. The zero-order valence-electron chi connectivity index (χ0n) is 11.3. The second-order valence-electron chi connectivity index (χ2n) is 4.34. The molecule has 0 radical (unpaired) electrons. The summed E-state index contributed by atoms with van der Waals surface area (Å²) in [4.78, 5) is 0. The van der Waals surface area contributed by atoms with E-state index in [1.54, 1.807) is 0 Å². The van der Waals surface area contributed by atoms with Gasteiger partial charge in [-0.2, -0.15) is 43.9 Å². The Bertz CT molecular complexity index is 341. The molecule has 0 heterocycles. The number of ether oxygens (including phenoxy) is 2. The number of halogens is 12. The number of hydrogen-bond acceptors (Lipinski definition) is 2. The van der Waals surface area contributed by atoms with Crippen molar-refractivity contribution in [2.45, 2.75) is 49.8 Å². The SMILES string of the molecule is FC(C(F)(F)F)C(F)(F)OCCCCOC(F)(F)C(F)C(F)(F)F. The number of alkyl halides is 12. The van der Waals surface area contributed by atoms with E-state index in [9.17, 15) is 52.7 Å². The van der Waals surface area contributed by atoms with E-state index in [1.165, 1.54) is 0 Å².